The molecule has 0 fully saturated rings. The van der Waals surface area contributed by atoms with Gasteiger partial charge in [0.1, 0.15) is 5.75 Å². The number of nitrogens with one attached hydrogen (secondary N) is 1. The molecular formula is C22H29NO2. The lowest BCUT2D eigenvalue weighted by Gasteiger charge is -2.19. The largest absolute Gasteiger partial charge is 0.480 e. The van der Waals surface area contributed by atoms with Crippen LogP contribution in [0, 0.1) is 20.8 Å². The Hall–Kier alpha value is -2.29. The average Bonchev–Trinajstić information content (AvgIpc) is 2.58. The van der Waals surface area contributed by atoms with Gasteiger partial charge in [0, 0.05) is 6.54 Å². The maximum absolute atomic E-state index is 12.4. The molecule has 2 rings (SSSR count). The SMILES string of the molecule is CC[C@@H](Oc1ccc(C)cc1C)C(=O)NCCCc1cccc(C)c1. The number of hydrogen-bond acceptors (Lipinski definition) is 2. The van der Waals surface area contributed by atoms with Gasteiger partial charge in [-0.3, -0.25) is 4.79 Å². The number of amides is 1. The van der Waals surface area contributed by atoms with Crippen LogP contribution in [0.2, 0.25) is 0 Å². The van der Waals surface area contributed by atoms with Crippen LogP contribution < -0.4 is 10.1 Å². The summed E-state index contributed by atoms with van der Waals surface area (Å²) in [6.07, 6.45) is 2.10. The topological polar surface area (TPSA) is 38.3 Å². The number of aryl methyl sites for hydroxylation is 4. The first-order valence-corrected chi connectivity index (χ1v) is 9.06. The molecule has 0 unspecified atom stereocenters. The van der Waals surface area contributed by atoms with Gasteiger partial charge in [-0.25, -0.2) is 0 Å². The molecule has 0 aliphatic carbocycles. The molecule has 0 aliphatic heterocycles. The highest BCUT2D eigenvalue weighted by Gasteiger charge is 2.18. The summed E-state index contributed by atoms with van der Waals surface area (Å²) in [5.41, 5.74) is 4.84. The highest BCUT2D eigenvalue weighted by atomic mass is 16.5. The first-order chi connectivity index (χ1) is 12.0. The van der Waals surface area contributed by atoms with Crippen LogP contribution in [0.3, 0.4) is 0 Å². The van der Waals surface area contributed by atoms with E-state index in [-0.39, 0.29) is 5.91 Å². The summed E-state index contributed by atoms with van der Waals surface area (Å²) >= 11 is 0. The molecule has 3 heteroatoms. The zero-order valence-electron chi connectivity index (χ0n) is 15.8. The van der Waals surface area contributed by atoms with Crippen molar-refractivity contribution in [2.75, 3.05) is 6.54 Å². The average molecular weight is 339 g/mol. The van der Waals surface area contributed by atoms with E-state index in [4.69, 9.17) is 4.74 Å². The molecule has 0 spiro atoms. The normalized spacial score (nSPS) is 11.8. The molecule has 1 amide bonds. The Morgan fingerprint density at radius 3 is 2.52 bits per heavy atom. The highest BCUT2D eigenvalue weighted by Crippen LogP contribution is 2.20. The first kappa shape index (κ1) is 19.0. The highest BCUT2D eigenvalue weighted by molar-refractivity contribution is 5.81. The fraction of sp³-hybridized carbons (Fsp3) is 0.409. The Morgan fingerprint density at radius 1 is 1.08 bits per heavy atom. The van der Waals surface area contributed by atoms with E-state index in [0.29, 0.717) is 13.0 Å². The van der Waals surface area contributed by atoms with Gasteiger partial charge in [-0.1, -0.05) is 54.4 Å². The third kappa shape index (κ3) is 5.93. The lowest BCUT2D eigenvalue weighted by molar-refractivity contribution is -0.128. The van der Waals surface area contributed by atoms with Crippen molar-refractivity contribution in [1.29, 1.82) is 0 Å². The van der Waals surface area contributed by atoms with E-state index >= 15 is 0 Å². The summed E-state index contributed by atoms with van der Waals surface area (Å²) in [4.78, 5) is 12.4. The molecular weight excluding hydrogens is 310 g/mol. The van der Waals surface area contributed by atoms with E-state index in [1.165, 1.54) is 16.7 Å². The van der Waals surface area contributed by atoms with Crippen LogP contribution >= 0.6 is 0 Å². The maximum atomic E-state index is 12.4. The molecule has 0 aromatic heterocycles. The lowest BCUT2D eigenvalue weighted by atomic mass is 10.1. The van der Waals surface area contributed by atoms with Crippen molar-refractivity contribution in [2.24, 2.45) is 0 Å². The molecule has 1 atom stereocenters. The first-order valence-electron chi connectivity index (χ1n) is 9.06. The molecule has 0 heterocycles. The molecule has 134 valence electrons. The van der Waals surface area contributed by atoms with E-state index in [1.54, 1.807) is 0 Å². The van der Waals surface area contributed by atoms with Crippen LogP contribution in [-0.2, 0) is 11.2 Å². The van der Waals surface area contributed by atoms with Crippen molar-refractivity contribution in [3.8, 4) is 5.75 Å². The second-order valence-corrected chi connectivity index (χ2v) is 6.67. The number of carbonyl (C=O) groups excluding carboxylic acids is 1. The molecule has 0 radical (unpaired) electrons. The van der Waals surface area contributed by atoms with Gasteiger partial charge in [-0.05, 0) is 57.2 Å². The Labute approximate surface area is 151 Å². The fourth-order valence-corrected chi connectivity index (χ4v) is 2.89. The third-order valence-electron chi connectivity index (χ3n) is 4.29. The molecule has 2 aromatic rings. The van der Waals surface area contributed by atoms with Crippen LogP contribution in [0.1, 0.15) is 42.0 Å². The van der Waals surface area contributed by atoms with Gasteiger partial charge in [0.15, 0.2) is 6.10 Å². The lowest BCUT2D eigenvalue weighted by Crippen LogP contribution is -2.38. The number of carbonyl (C=O) groups is 1. The Bertz CT molecular complexity index is 709. The standard InChI is InChI=1S/C22H29NO2/c1-5-20(25-21-12-11-17(3)14-18(21)4)22(24)23-13-7-10-19-9-6-8-16(2)15-19/h6,8-9,11-12,14-15,20H,5,7,10,13H2,1-4H3,(H,23,24)/t20-/m1/s1. The molecule has 0 saturated heterocycles. The smallest absolute Gasteiger partial charge is 0.261 e. The molecule has 0 bridgehead atoms. The summed E-state index contributed by atoms with van der Waals surface area (Å²) in [5, 5.41) is 3.01. The maximum Gasteiger partial charge on any atom is 0.261 e. The summed E-state index contributed by atoms with van der Waals surface area (Å²) in [6.45, 7) is 8.80. The molecule has 3 nitrogen and oxygen atoms in total. The molecule has 0 aliphatic rings. The van der Waals surface area contributed by atoms with Crippen molar-refractivity contribution >= 4 is 5.91 Å². The Morgan fingerprint density at radius 2 is 1.84 bits per heavy atom. The van der Waals surface area contributed by atoms with Gasteiger partial charge >= 0.3 is 0 Å². The molecule has 25 heavy (non-hydrogen) atoms. The van der Waals surface area contributed by atoms with Crippen molar-refractivity contribution in [3.63, 3.8) is 0 Å². The van der Waals surface area contributed by atoms with E-state index in [2.05, 4.69) is 49.5 Å². The summed E-state index contributed by atoms with van der Waals surface area (Å²) in [5.74, 6) is 0.749. The summed E-state index contributed by atoms with van der Waals surface area (Å²) in [7, 11) is 0. The summed E-state index contributed by atoms with van der Waals surface area (Å²) < 4.78 is 5.93. The van der Waals surface area contributed by atoms with Gasteiger partial charge in [0.05, 0.1) is 0 Å². The number of benzene rings is 2. The minimum absolute atomic E-state index is 0.0354. The van der Waals surface area contributed by atoms with Gasteiger partial charge in [0.25, 0.3) is 5.91 Å². The third-order valence-corrected chi connectivity index (χ3v) is 4.29. The van der Waals surface area contributed by atoms with Crippen molar-refractivity contribution in [1.82, 2.24) is 5.32 Å². The second kappa shape index (κ2) is 9.26. The monoisotopic (exact) mass is 339 g/mol. The van der Waals surface area contributed by atoms with Gasteiger partial charge < -0.3 is 10.1 Å². The van der Waals surface area contributed by atoms with Gasteiger partial charge in [-0.15, -0.1) is 0 Å². The quantitative estimate of drug-likeness (QED) is 0.718. The van der Waals surface area contributed by atoms with Crippen LogP contribution in [0.4, 0.5) is 0 Å². The van der Waals surface area contributed by atoms with Crippen molar-refractivity contribution in [3.05, 3.63) is 64.7 Å². The van der Waals surface area contributed by atoms with Crippen molar-refractivity contribution < 1.29 is 9.53 Å². The van der Waals surface area contributed by atoms with Gasteiger partial charge in [0.2, 0.25) is 0 Å². The van der Waals surface area contributed by atoms with Crippen LogP contribution in [0.15, 0.2) is 42.5 Å². The fourth-order valence-electron chi connectivity index (χ4n) is 2.89. The van der Waals surface area contributed by atoms with E-state index in [9.17, 15) is 4.79 Å². The van der Waals surface area contributed by atoms with E-state index in [0.717, 1.165) is 24.2 Å². The Kier molecular flexibility index (Phi) is 7.05. The summed E-state index contributed by atoms with van der Waals surface area (Å²) in [6, 6.07) is 14.5. The number of rotatable bonds is 8. The molecule has 0 saturated carbocycles. The zero-order valence-corrected chi connectivity index (χ0v) is 15.8. The van der Waals surface area contributed by atoms with Crippen LogP contribution in [-0.4, -0.2) is 18.6 Å². The van der Waals surface area contributed by atoms with Crippen LogP contribution in [0.25, 0.3) is 0 Å². The van der Waals surface area contributed by atoms with Crippen molar-refractivity contribution in [2.45, 2.75) is 53.1 Å². The second-order valence-electron chi connectivity index (χ2n) is 6.67. The zero-order chi connectivity index (χ0) is 18.2. The minimum atomic E-state index is -0.444. The molecule has 1 N–H and O–H groups in total. The van der Waals surface area contributed by atoms with E-state index < -0.39 is 6.10 Å². The Balaban J connectivity index is 1.81. The van der Waals surface area contributed by atoms with Crippen LogP contribution in [0.5, 0.6) is 5.75 Å². The number of ether oxygens (including phenoxy) is 1. The predicted molar refractivity (Wildman–Crippen MR) is 103 cm³/mol. The number of hydrogen-bond donors (Lipinski definition) is 1. The van der Waals surface area contributed by atoms with Gasteiger partial charge in [-0.2, -0.15) is 0 Å². The van der Waals surface area contributed by atoms with E-state index in [1.807, 2.05) is 26.0 Å². The minimum Gasteiger partial charge on any atom is -0.480 e. The predicted octanol–water partition coefficient (Wildman–Crippen LogP) is 4.52. The molecule has 2 aromatic carbocycles.